The highest BCUT2D eigenvalue weighted by Gasteiger charge is 2.68. The van der Waals surface area contributed by atoms with E-state index >= 15 is 0 Å². The van der Waals surface area contributed by atoms with Crippen molar-refractivity contribution in [3.63, 3.8) is 0 Å². The standard InChI is InChI=1S/C45H55NO8S/c1-26-32-22-35(47)31-20-21-37-45(25-50-37,53-27(2)28-18-19-28)39(31)40(52-41(55)30-16-12-9-13-17-30)33(44(32,6)7)23-36(26)51-38(48)24-34(29-14-10-8-11-15-29)46-42(49)54-43(3,4)5/h8-17,31,33-34,36-37,39-40H,18-25H2,1-7H3,(H,46,49). The van der Waals surface area contributed by atoms with E-state index in [0.29, 0.717) is 24.5 Å². The fourth-order valence-electron chi connectivity index (χ4n) is 9.57. The van der Waals surface area contributed by atoms with Crippen LogP contribution in [0.2, 0.25) is 0 Å². The molecule has 3 saturated carbocycles. The van der Waals surface area contributed by atoms with E-state index in [1.165, 1.54) is 5.57 Å². The molecule has 0 aromatic heterocycles. The highest BCUT2D eigenvalue weighted by atomic mass is 32.1. The molecule has 2 aromatic carbocycles. The number of rotatable bonds is 9. The van der Waals surface area contributed by atoms with Crippen LogP contribution >= 0.6 is 12.2 Å². The topological polar surface area (TPSA) is 109 Å². The van der Waals surface area contributed by atoms with Crippen molar-refractivity contribution >= 4 is 35.1 Å². The van der Waals surface area contributed by atoms with Gasteiger partial charge in [-0.05, 0) is 101 Å². The van der Waals surface area contributed by atoms with E-state index in [1.54, 1.807) is 20.8 Å². The van der Waals surface area contributed by atoms with Gasteiger partial charge in [-0.15, -0.1) is 0 Å². The van der Waals surface area contributed by atoms with Crippen molar-refractivity contribution in [3.05, 3.63) is 94.3 Å². The molecule has 8 unspecified atom stereocenters. The molecule has 2 aromatic rings. The van der Waals surface area contributed by atoms with Gasteiger partial charge in [0.15, 0.2) is 10.7 Å². The monoisotopic (exact) mass is 769 g/mol. The normalized spacial score (nSPS) is 29.9. The average Bonchev–Trinajstić information content (AvgIpc) is 3.97. The number of allylic oxidation sites excluding steroid dienone is 3. The minimum Gasteiger partial charge on any atom is -0.486 e. The van der Waals surface area contributed by atoms with Crippen LogP contribution in [0.1, 0.15) is 111 Å². The molecule has 4 aliphatic carbocycles. The summed E-state index contributed by atoms with van der Waals surface area (Å²) in [4.78, 5) is 41.7. The number of hydrogen-bond donors (Lipinski definition) is 1. The van der Waals surface area contributed by atoms with E-state index in [4.69, 9.17) is 35.9 Å². The zero-order valence-electron chi connectivity index (χ0n) is 33.1. The molecule has 7 rings (SSSR count). The number of ketones is 1. The highest BCUT2D eigenvalue weighted by Crippen LogP contribution is 2.60. The number of fused-ring (bicyclic) bond motifs is 5. The molecule has 4 fully saturated rings. The second-order valence-electron chi connectivity index (χ2n) is 17.6. The number of thiocarbonyl (C=S) groups is 1. The first-order valence-corrected chi connectivity index (χ1v) is 20.2. The van der Waals surface area contributed by atoms with Gasteiger partial charge in [-0.1, -0.05) is 80.1 Å². The van der Waals surface area contributed by atoms with E-state index in [9.17, 15) is 14.4 Å². The highest BCUT2D eigenvalue weighted by molar-refractivity contribution is 7.80. The van der Waals surface area contributed by atoms with Gasteiger partial charge >= 0.3 is 12.1 Å². The zero-order valence-corrected chi connectivity index (χ0v) is 34.0. The lowest BCUT2D eigenvalue weighted by atomic mass is 9.51. The summed E-state index contributed by atoms with van der Waals surface area (Å²) in [6.45, 7) is 14.1. The predicted molar refractivity (Wildman–Crippen MR) is 212 cm³/mol. The Hall–Kier alpha value is -4.02. The van der Waals surface area contributed by atoms with Gasteiger partial charge in [0.25, 0.3) is 0 Å². The number of carbonyl (C=O) groups excluding carboxylic acids is 3. The number of benzene rings is 2. The van der Waals surface area contributed by atoms with Crippen molar-refractivity contribution in [1.29, 1.82) is 0 Å². The van der Waals surface area contributed by atoms with Crippen LogP contribution in [0, 0.1) is 23.2 Å². The first-order chi connectivity index (χ1) is 26.1. The Morgan fingerprint density at radius 1 is 1.00 bits per heavy atom. The molecule has 8 atom stereocenters. The summed E-state index contributed by atoms with van der Waals surface area (Å²) in [5, 5.41) is 3.25. The molecule has 0 radical (unpaired) electrons. The van der Waals surface area contributed by atoms with Gasteiger partial charge in [0.2, 0.25) is 0 Å². The first-order valence-electron chi connectivity index (χ1n) is 19.8. The second kappa shape index (κ2) is 15.1. The molecule has 1 heterocycles. The number of ether oxygens (including phenoxy) is 5. The molecule has 2 bridgehead atoms. The van der Waals surface area contributed by atoms with Gasteiger partial charge in [0, 0.05) is 23.8 Å². The van der Waals surface area contributed by atoms with E-state index in [1.807, 2.05) is 74.5 Å². The summed E-state index contributed by atoms with van der Waals surface area (Å²) < 4.78 is 32.3. The maximum absolute atomic E-state index is 14.7. The largest absolute Gasteiger partial charge is 0.486 e. The maximum Gasteiger partial charge on any atom is 0.408 e. The molecule has 1 aliphatic heterocycles. The maximum atomic E-state index is 14.7. The summed E-state index contributed by atoms with van der Waals surface area (Å²) in [6.07, 6.45) is 2.11. The molecule has 1 amide bonds. The molecule has 1 N–H and O–H groups in total. The van der Waals surface area contributed by atoms with Crippen LogP contribution < -0.4 is 5.32 Å². The number of hydrogen-bond acceptors (Lipinski definition) is 9. The zero-order chi connectivity index (χ0) is 39.3. The lowest BCUT2D eigenvalue weighted by Gasteiger charge is -2.62. The Labute approximate surface area is 330 Å². The summed E-state index contributed by atoms with van der Waals surface area (Å²) in [6, 6.07) is 18.4. The summed E-state index contributed by atoms with van der Waals surface area (Å²) in [5.74, 6) is -0.261. The van der Waals surface area contributed by atoms with E-state index in [2.05, 4.69) is 19.2 Å². The predicted octanol–water partition coefficient (Wildman–Crippen LogP) is 8.90. The average molecular weight is 770 g/mol. The Kier molecular flexibility index (Phi) is 10.8. The number of carbonyl (C=O) groups is 3. The van der Waals surface area contributed by atoms with Gasteiger partial charge in [-0.3, -0.25) is 9.59 Å². The summed E-state index contributed by atoms with van der Waals surface area (Å²) in [5.41, 5.74) is 2.76. The van der Waals surface area contributed by atoms with Crippen molar-refractivity contribution in [3.8, 4) is 0 Å². The lowest BCUT2D eigenvalue weighted by molar-refractivity contribution is -0.308. The minimum absolute atomic E-state index is 0.109. The molecule has 1 saturated heterocycles. The van der Waals surface area contributed by atoms with Crippen LogP contribution in [0.15, 0.2) is 83.1 Å². The van der Waals surface area contributed by atoms with Gasteiger partial charge in [0.05, 0.1) is 30.7 Å². The van der Waals surface area contributed by atoms with E-state index in [0.717, 1.165) is 47.3 Å². The van der Waals surface area contributed by atoms with Crippen LogP contribution in [0.5, 0.6) is 0 Å². The lowest BCUT2D eigenvalue weighted by Crippen LogP contribution is -2.72. The molecule has 0 spiro atoms. The van der Waals surface area contributed by atoms with Crippen LogP contribution in [-0.2, 0) is 33.3 Å². The molecule has 10 heteroatoms. The number of Topliss-reactive ketones (excluding diaryl/α,β-unsaturated/α-hetero) is 1. The van der Waals surface area contributed by atoms with Crippen molar-refractivity contribution in [1.82, 2.24) is 5.32 Å². The number of alkyl carbamates (subject to hydrolysis) is 1. The van der Waals surface area contributed by atoms with Crippen molar-refractivity contribution < 1.29 is 38.1 Å². The van der Waals surface area contributed by atoms with Crippen LogP contribution in [0.3, 0.4) is 0 Å². The smallest absolute Gasteiger partial charge is 0.408 e. The van der Waals surface area contributed by atoms with Gasteiger partial charge < -0.3 is 29.0 Å². The number of nitrogens with one attached hydrogen (secondary N) is 1. The third kappa shape index (κ3) is 7.99. The van der Waals surface area contributed by atoms with E-state index in [-0.39, 0.29) is 42.5 Å². The Morgan fingerprint density at radius 2 is 1.67 bits per heavy atom. The van der Waals surface area contributed by atoms with Gasteiger partial charge in [-0.25, -0.2) is 4.79 Å². The molecular weight excluding hydrogens is 715 g/mol. The van der Waals surface area contributed by atoms with Crippen LogP contribution in [-0.4, -0.2) is 59.0 Å². The first kappa shape index (κ1) is 39.2. The van der Waals surface area contributed by atoms with Gasteiger partial charge in [0.1, 0.15) is 29.7 Å². The van der Waals surface area contributed by atoms with Gasteiger partial charge in [-0.2, -0.15) is 0 Å². The van der Waals surface area contributed by atoms with Crippen molar-refractivity contribution in [2.45, 2.75) is 129 Å². The number of amides is 1. The molecule has 9 nitrogen and oxygen atoms in total. The second-order valence-corrected chi connectivity index (χ2v) is 18.0. The quantitative estimate of drug-likeness (QED) is 0.116. The van der Waals surface area contributed by atoms with Crippen molar-refractivity contribution in [2.75, 3.05) is 6.61 Å². The third-order valence-electron chi connectivity index (χ3n) is 12.6. The molecule has 294 valence electrons. The SMILES string of the molecule is CC(OC12COC1CCC1C(=O)CC3=C(C)C(OC(=O)CC(NC(=O)OC(C)(C)C)c4ccccc4)CC(C(OC(=S)c4ccccc4)C12)C3(C)C)=C1CC1. The molecule has 5 aliphatic rings. The van der Waals surface area contributed by atoms with Crippen LogP contribution in [0.25, 0.3) is 0 Å². The Bertz CT molecular complexity index is 1870. The van der Waals surface area contributed by atoms with Crippen molar-refractivity contribution in [2.24, 2.45) is 23.2 Å². The van der Waals surface area contributed by atoms with Crippen LogP contribution in [0.4, 0.5) is 4.79 Å². The fourth-order valence-corrected chi connectivity index (χ4v) is 9.82. The Morgan fingerprint density at radius 3 is 2.29 bits per heavy atom. The summed E-state index contributed by atoms with van der Waals surface area (Å²) >= 11 is 6.04. The van der Waals surface area contributed by atoms with E-state index < -0.39 is 46.9 Å². The third-order valence-corrected chi connectivity index (χ3v) is 12.9. The fraction of sp³-hybridized carbons (Fsp3) is 0.556. The minimum atomic E-state index is -0.749. The molecule has 55 heavy (non-hydrogen) atoms. The molecular formula is C45H55NO8S. The Balaban J connectivity index is 1.24. The summed E-state index contributed by atoms with van der Waals surface area (Å²) in [7, 11) is 0. The number of esters is 1.